The molecule has 0 amide bonds. The van der Waals surface area contributed by atoms with E-state index in [2.05, 4.69) is 15.9 Å². The predicted molar refractivity (Wildman–Crippen MR) is 72.8 cm³/mol. The highest BCUT2D eigenvalue weighted by Gasteiger charge is 2.43. The molecule has 110 valence electrons. The lowest BCUT2D eigenvalue weighted by molar-refractivity contribution is -0.0825. The zero-order valence-corrected chi connectivity index (χ0v) is 12.6. The van der Waals surface area contributed by atoms with Crippen LogP contribution in [0.3, 0.4) is 0 Å². The van der Waals surface area contributed by atoms with Crippen molar-refractivity contribution in [2.24, 2.45) is 0 Å². The van der Waals surface area contributed by atoms with Crippen LogP contribution in [0.5, 0.6) is 0 Å². The van der Waals surface area contributed by atoms with Crippen LogP contribution in [0, 0.1) is 11.6 Å². The molecule has 0 N–H and O–H groups in total. The average Bonchev–Trinajstić information content (AvgIpc) is 2.44. The van der Waals surface area contributed by atoms with Gasteiger partial charge in [-0.2, -0.15) is 0 Å². The highest BCUT2D eigenvalue weighted by atomic mass is 79.9. The first-order valence-corrected chi connectivity index (χ1v) is 7.21. The van der Waals surface area contributed by atoms with Crippen LogP contribution in [0.2, 0.25) is 0 Å². The van der Waals surface area contributed by atoms with Gasteiger partial charge < -0.3 is 9.47 Å². The minimum atomic E-state index is -1.20. The van der Waals surface area contributed by atoms with Gasteiger partial charge in [0.2, 0.25) is 5.78 Å². The Bertz CT molecular complexity index is 508. The molecule has 1 aliphatic heterocycles. The topological polar surface area (TPSA) is 35.5 Å². The van der Waals surface area contributed by atoms with Crippen LogP contribution in [0.1, 0.15) is 30.1 Å². The third kappa shape index (κ3) is 2.77. The summed E-state index contributed by atoms with van der Waals surface area (Å²) in [5, 5.41) is 0. The fraction of sp³-hybridized carbons (Fsp3) is 0.500. The molecule has 6 heteroatoms. The summed E-state index contributed by atoms with van der Waals surface area (Å²) in [5.74, 6) is -2.42. The molecule has 0 spiro atoms. The summed E-state index contributed by atoms with van der Waals surface area (Å²) in [6, 6.07) is 2.30. The van der Waals surface area contributed by atoms with E-state index in [9.17, 15) is 13.6 Å². The van der Waals surface area contributed by atoms with Crippen molar-refractivity contribution in [1.82, 2.24) is 0 Å². The summed E-state index contributed by atoms with van der Waals surface area (Å²) < 4.78 is 38.8. The maximum atomic E-state index is 14.1. The molecule has 1 heterocycles. The second kappa shape index (κ2) is 6.28. The van der Waals surface area contributed by atoms with Crippen molar-refractivity contribution < 1.29 is 23.0 Å². The number of Topliss-reactive ketones (excluding diaryl/α,β-unsaturated/α-hetero) is 1. The van der Waals surface area contributed by atoms with Crippen LogP contribution in [0.25, 0.3) is 0 Å². The van der Waals surface area contributed by atoms with E-state index in [1.165, 1.54) is 6.07 Å². The Hall–Kier alpha value is -0.850. The number of carbonyl (C=O) groups excluding carboxylic acids is 1. The molecule has 1 saturated heterocycles. The Morgan fingerprint density at radius 3 is 2.65 bits per heavy atom. The summed E-state index contributed by atoms with van der Waals surface area (Å²) >= 11 is 2.97. The van der Waals surface area contributed by atoms with E-state index in [0.29, 0.717) is 32.7 Å². The van der Waals surface area contributed by atoms with Crippen molar-refractivity contribution in [3.63, 3.8) is 0 Å². The number of ether oxygens (including phenoxy) is 2. The van der Waals surface area contributed by atoms with Gasteiger partial charge >= 0.3 is 0 Å². The predicted octanol–water partition coefficient (Wildman–Crippen LogP) is 3.50. The molecule has 0 bridgehead atoms. The lowest BCUT2D eigenvalue weighted by Gasteiger charge is -2.35. The molecule has 0 atom stereocenters. The standard InChI is InChI=1S/C14H15BrF2O3/c1-2-20-14(5-7-19-8-6-14)13(18)11-10(16)4-3-9(15)12(11)17/h3-4H,2,5-8H2,1H3. The number of hydrogen-bond acceptors (Lipinski definition) is 3. The molecule has 0 aromatic heterocycles. The first kappa shape index (κ1) is 15.5. The quantitative estimate of drug-likeness (QED) is 0.617. The van der Waals surface area contributed by atoms with E-state index in [1.54, 1.807) is 6.92 Å². The molecule has 0 aliphatic carbocycles. The normalized spacial score (nSPS) is 18.0. The monoisotopic (exact) mass is 348 g/mol. The largest absolute Gasteiger partial charge is 0.381 e. The number of rotatable bonds is 4. The maximum Gasteiger partial charge on any atom is 0.200 e. The van der Waals surface area contributed by atoms with Crippen molar-refractivity contribution in [1.29, 1.82) is 0 Å². The summed E-state index contributed by atoms with van der Waals surface area (Å²) in [4.78, 5) is 12.6. The number of halogens is 3. The number of ketones is 1. The molecular weight excluding hydrogens is 334 g/mol. The first-order chi connectivity index (χ1) is 9.52. The van der Waals surface area contributed by atoms with E-state index in [0.717, 1.165) is 6.07 Å². The van der Waals surface area contributed by atoms with Crippen LogP contribution in [-0.4, -0.2) is 31.2 Å². The molecule has 0 radical (unpaired) electrons. The van der Waals surface area contributed by atoms with Crippen LogP contribution in [0.4, 0.5) is 8.78 Å². The second-order valence-corrected chi connectivity index (χ2v) is 5.44. The molecule has 2 rings (SSSR count). The van der Waals surface area contributed by atoms with Gasteiger partial charge in [-0.25, -0.2) is 8.78 Å². The lowest BCUT2D eigenvalue weighted by Crippen LogP contribution is -2.47. The third-order valence-electron chi connectivity index (χ3n) is 3.41. The van der Waals surface area contributed by atoms with Gasteiger partial charge in [0.1, 0.15) is 11.4 Å². The SMILES string of the molecule is CCOC1(C(=O)c2c(F)ccc(Br)c2F)CCOCC1. The van der Waals surface area contributed by atoms with Gasteiger partial charge in [-0.3, -0.25) is 4.79 Å². The van der Waals surface area contributed by atoms with Crippen LogP contribution in [-0.2, 0) is 9.47 Å². The molecular formula is C14H15BrF2O3. The Labute approximate surface area is 124 Å². The highest BCUT2D eigenvalue weighted by Crippen LogP contribution is 2.32. The molecule has 0 saturated carbocycles. The molecule has 0 unspecified atom stereocenters. The van der Waals surface area contributed by atoms with Crippen molar-refractivity contribution in [2.75, 3.05) is 19.8 Å². The summed E-state index contributed by atoms with van der Waals surface area (Å²) in [5.41, 5.74) is -1.75. The van der Waals surface area contributed by atoms with Gasteiger partial charge in [-0.1, -0.05) is 0 Å². The van der Waals surface area contributed by atoms with Crippen molar-refractivity contribution >= 4 is 21.7 Å². The summed E-state index contributed by atoms with van der Waals surface area (Å²) in [6.45, 7) is 2.72. The first-order valence-electron chi connectivity index (χ1n) is 6.42. The van der Waals surface area contributed by atoms with Crippen molar-refractivity contribution in [3.8, 4) is 0 Å². The molecule has 3 nitrogen and oxygen atoms in total. The fourth-order valence-corrected chi connectivity index (χ4v) is 2.71. The summed E-state index contributed by atoms with van der Waals surface area (Å²) in [7, 11) is 0. The highest BCUT2D eigenvalue weighted by molar-refractivity contribution is 9.10. The van der Waals surface area contributed by atoms with Gasteiger partial charge in [0.15, 0.2) is 5.82 Å². The Kier molecular flexibility index (Phi) is 4.88. The van der Waals surface area contributed by atoms with Crippen molar-refractivity contribution in [3.05, 3.63) is 33.8 Å². The molecule has 20 heavy (non-hydrogen) atoms. The van der Waals surface area contributed by atoms with Gasteiger partial charge in [-0.05, 0) is 35.0 Å². The smallest absolute Gasteiger partial charge is 0.200 e. The molecule has 1 fully saturated rings. The minimum Gasteiger partial charge on any atom is -0.381 e. The van der Waals surface area contributed by atoms with Gasteiger partial charge in [0.25, 0.3) is 0 Å². The third-order valence-corrected chi connectivity index (χ3v) is 4.02. The van der Waals surface area contributed by atoms with E-state index in [4.69, 9.17) is 9.47 Å². The van der Waals surface area contributed by atoms with Crippen LogP contribution >= 0.6 is 15.9 Å². The van der Waals surface area contributed by atoms with Crippen LogP contribution in [0.15, 0.2) is 16.6 Å². The van der Waals surface area contributed by atoms with Gasteiger partial charge in [-0.15, -0.1) is 0 Å². The van der Waals surface area contributed by atoms with E-state index >= 15 is 0 Å². The minimum absolute atomic E-state index is 0.0564. The Morgan fingerprint density at radius 2 is 2.05 bits per heavy atom. The summed E-state index contributed by atoms with van der Waals surface area (Å²) in [6.07, 6.45) is 0.593. The zero-order valence-electron chi connectivity index (χ0n) is 11.0. The van der Waals surface area contributed by atoms with Gasteiger partial charge in [0, 0.05) is 32.7 Å². The molecule has 1 aromatic carbocycles. The zero-order chi connectivity index (χ0) is 14.8. The fourth-order valence-electron chi connectivity index (χ4n) is 2.38. The number of hydrogen-bond donors (Lipinski definition) is 0. The van der Waals surface area contributed by atoms with Crippen LogP contribution < -0.4 is 0 Å². The molecule has 1 aliphatic rings. The van der Waals surface area contributed by atoms with E-state index in [1.807, 2.05) is 0 Å². The number of benzene rings is 1. The van der Waals surface area contributed by atoms with E-state index < -0.39 is 28.6 Å². The molecule has 1 aromatic rings. The van der Waals surface area contributed by atoms with Crippen molar-refractivity contribution in [2.45, 2.75) is 25.4 Å². The second-order valence-electron chi connectivity index (χ2n) is 4.59. The Morgan fingerprint density at radius 1 is 1.40 bits per heavy atom. The van der Waals surface area contributed by atoms with Gasteiger partial charge in [0.05, 0.1) is 10.0 Å². The lowest BCUT2D eigenvalue weighted by atomic mass is 9.85. The Balaban J connectivity index is 2.45. The average molecular weight is 349 g/mol. The number of carbonyl (C=O) groups is 1. The van der Waals surface area contributed by atoms with E-state index in [-0.39, 0.29) is 4.47 Å². The maximum absolute atomic E-state index is 14.1.